The van der Waals surface area contributed by atoms with Gasteiger partial charge in [0.2, 0.25) is 5.75 Å². The number of ether oxygens (including phenoxy) is 1. The zero-order chi connectivity index (χ0) is 13.8. The molecule has 1 N–H and O–H groups in total. The van der Waals surface area contributed by atoms with Crippen LogP contribution in [0, 0.1) is 15.9 Å². The number of nitro groups is 1. The summed E-state index contributed by atoms with van der Waals surface area (Å²) in [6.07, 6.45) is 0. The Balaban J connectivity index is 2.34. The summed E-state index contributed by atoms with van der Waals surface area (Å²) < 4.78 is 18.8. The maximum absolute atomic E-state index is 13.6. The van der Waals surface area contributed by atoms with E-state index < -0.39 is 22.2 Å². The van der Waals surface area contributed by atoms with Crippen molar-refractivity contribution >= 4 is 5.69 Å². The second-order valence-electron chi connectivity index (χ2n) is 3.75. The summed E-state index contributed by atoms with van der Waals surface area (Å²) in [6, 6.07) is 9.67. The van der Waals surface area contributed by atoms with Crippen LogP contribution in [0.2, 0.25) is 0 Å². The highest BCUT2D eigenvalue weighted by Gasteiger charge is 2.19. The Morgan fingerprint density at radius 1 is 1.21 bits per heavy atom. The molecule has 0 aliphatic carbocycles. The van der Waals surface area contributed by atoms with E-state index in [2.05, 4.69) is 0 Å². The minimum Gasteiger partial charge on any atom is -0.447 e. The monoisotopic (exact) mass is 263 g/mol. The molecular weight excluding hydrogens is 253 g/mol. The van der Waals surface area contributed by atoms with Crippen LogP contribution in [-0.4, -0.2) is 10.0 Å². The number of aliphatic hydroxyl groups excluding tert-OH is 1. The van der Waals surface area contributed by atoms with Crippen molar-refractivity contribution in [1.29, 1.82) is 0 Å². The normalized spacial score (nSPS) is 10.2. The maximum atomic E-state index is 13.6. The van der Waals surface area contributed by atoms with Crippen molar-refractivity contribution in [2.24, 2.45) is 0 Å². The first-order valence-electron chi connectivity index (χ1n) is 5.42. The molecule has 98 valence electrons. The van der Waals surface area contributed by atoms with Crippen LogP contribution < -0.4 is 4.74 Å². The highest BCUT2D eigenvalue weighted by Crippen LogP contribution is 2.33. The number of hydrogen-bond donors (Lipinski definition) is 1. The SMILES string of the molecule is O=[N+]([O-])c1cccc(F)c1Oc1ccc(CO)cc1. The summed E-state index contributed by atoms with van der Waals surface area (Å²) in [5, 5.41) is 19.7. The largest absolute Gasteiger partial charge is 0.447 e. The Morgan fingerprint density at radius 3 is 2.47 bits per heavy atom. The van der Waals surface area contributed by atoms with Crippen LogP contribution in [0.4, 0.5) is 10.1 Å². The molecule has 0 saturated carbocycles. The topological polar surface area (TPSA) is 72.6 Å². The van der Waals surface area contributed by atoms with Gasteiger partial charge in [-0.05, 0) is 23.8 Å². The van der Waals surface area contributed by atoms with Crippen LogP contribution in [-0.2, 0) is 6.61 Å². The Bertz CT molecular complexity index is 598. The number of nitro benzene ring substituents is 1. The molecule has 0 saturated heterocycles. The van der Waals surface area contributed by atoms with Gasteiger partial charge in [0.1, 0.15) is 5.75 Å². The molecule has 0 radical (unpaired) electrons. The fourth-order valence-electron chi connectivity index (χ4n) is 1.52. The molecule has 0 atom stereocenters. The fourth-order valence-corrected chi connectivity index (χ4v) is 1.52. The lowest BCUT2D eigenvalue weighted by Gasteiger charge is -2.07. The van der Waals surface area contributed by atoms with Gasteiger partial charge in [-0.15, -0.1) is 0 Å². The average molecular weight is 263 g/mol. The van der Waals surface area contributed by atoms with E-state index in [0.717, 1.165) is 6.07 Å². The van der Waals surface area contributed by atoms with Gasteiger partial charge >= 0.3 is 5.69 Å². The second kappa shape index (κ2) is 5.45. The van der Waals surface area contributed by atoms with Crippen molar-refractivity contribution in [2.45, 2.75) is 6.61 Å². The molecular formula is C13H10FNO4. The van der Waals surface area contributed by atoms with Crippen LogP contribution in [0.5, 0.6) is 11.5 Å². The van der Waals surface area contributed by atoms with Crippen LogP contribution in [0.1, 0.15) is 5.56 Å². The lowest BCUT2D eigenvalue weighted by molar-refractivity contribution is -0.385. The van der Waals surface area contributed by atoms with Crippen LogP contribution in [0.25, 0.3) is 0 Å². The summed E-state index contributed by atoms with van der Waals surface area (Å²) in [5.74, 6) is -0.977. The van der Waals surface area contributed by atoms with Gasteiger partial charge in [0, 0.05) is 6.07 Å². The van der Waals surface area contributed by atoms with E-state index in [1.807, 2.05) is 0 Å². The summed E-state index contributed by atoms with van der Waals surface area (Å²) in [7, 11) is 0. The third-order valence-corrected chi connectivity index (χ3v) is 2.47. The van der Waals surface area contributed by atoms with Crippen molar-refractivity contribution < 1.29 is 19.2 Å². The van der Waals surface area contributed by atoms with Gasteiger partial charge in [0.25, 0.3) is 0 Å². The zero-order valence-corrected chi connectivity index (χ0v) is 9.75. The number of nitrogens with zero attached hydrogens (tertiary/aromatic N) is 1. The van der Waals surface area contributed by atoms with Gasteiger partial charge in [0.15, 0.2) is 5.82 Å². The number of para-hydroxylation sites is 1. The Kier molecular flexibility index (Phi) is 3.72. The first kappa shape index (κ1) is 13.0. The van der Waals surface area contributed by atoms with Crippen molar-refractivity contribution in [1.82, 2.24) is 0 Å². The van der Waals surface area contributed by atoms with Crippen molar-refractivity contribution in [3.05, 3.63) is 64.0 Å². The number of aliphatic hydroxyl groups is 1. The molecule has 19 heavy (non-hydrogen) atoms. The van der Waals surface area contributed by atoms with E-state index in [0.29, 0.717) is 5.56 Å². The molecule has 0 unspecified atom stereocenters. The third-order valence-electron chi connectivity index (χ3n) is 2.47. The summed E-state index contributed by atoms with van der Waals surface area (Å²) >= 11 is 0. The number of hydrogen-bond acceptors (Lipinski definition) is 4. The van der Waals surface area contributed by atoms with Gasteiger partial charge in [-0.3, -0.25) is 10.1 Å². The number of halogens is 1. The summed E-state index contributed by atoms with van der Waals surface area (Å²) in [4.78, 5) is 10.1. The van der Waals surface area contributed by atoms with E-state index in [9.17, 15) is 14.5 Å². The maximum Gasteiger partial charge on any atom is 0.314 e. The molecule has 0 heterocycles. The van der Waals surface area contributed by atoms with Crippen LogP contribution >= 0.6 is 0 Å². The van der Waals surface area contributed by atoms with E-state index in [1.54, 1.807) is 12.1 Å². The molecule has 6 heteroatoms. The molecule has 0 fully saturated rings. The highest BCUT2D eigenvalue weighted by atomic mass is 19.1. The number of benzene rings is 2. The van der Waals surface area contributed by atoms with E-state index in [-0.39, 0.29) is 12.4 Å². The minimum absolute atomic E-state index is 0.125. The molecule has 0 aliphatic heterocycles. The van der Waals surface area contributed by atoms with Gasteiger partial charge in [-0.2, -0.15) is 0 Å². The first-order chi connectivity index (χ1) is 9.11. The average Bonchev–Trinajstić information content (AvgIpc) is 2.41. The van der Waals surface area contributed by atoms with Gasteiger partial charge < -0.3 is 9.84 Å². The fraction of sp³-hybridized carbons (Fsp3) is 0.0769. The smallest absolute Gasteiger partial charge is 0.314 e. The molecule has 0 spiro atoms. The van der Waals surface area contributed by atoms with Crippen molar-refractivity contribution in [3.63, 3.8) is 0 Å². The lowest BCUT2D eigenvalue weighted by atomic mass is 10.2. The lowest BCUT2D eigenvalue weighted by Crippen LogP contribution is -1.96. The zero-order valence-electron chi connectivity index (χ0n) is 9.75. The second-order valence-corrected chi connectivity index (χ2v) is 3.75. The first-order valence-corrected chi connectivity index (χ1v) is 5.42. The van der Waals surface area contributed by atoms with Gasteiger partial charge in [-0.25, -0.2) is 4.39 Å². The molecule has 2 rings (SSSR count). The van der Waals surface area contributed by atoms with Crippen molar-refractivity contribution in [3.8, 4) is 11.5 Å². The van der Waals surface area contributed by atoms with Gasteiger partial charge in [-0.1, -0.05) is 18.2 Å². The standard InChI is InChI=1S/C13H10FNO4/c14-11-2-1-3-12(15(17)18)13(11)19-10-6-4-9(8-16)5-7-10/h1-7,16H,8H2. The van der Waals surface area contributed by atoms with E-state index in [4.69, 9.17) is 9.84 Å². The Hall–Kier alpha value is -2.47. The quantitative estimate of drug-likeness (QED) is 0.679. The highest BCUT2D eigenvalue weighted by molar-refractivity contribution is 5.49. The van der Waals surface area contributed by atoms with E-state index in [1.165, 1.54) is 24.3 Å². The molecule has 0 amide bonds. The predicted molar refractivity (Wildman–Crippen MR) is 65.5 cm³/mol. The Labute approximate surface area is 108 Å². The molecule has 5 nitrogen and oxygen atoms in total. The Morgan fingerprint density at radius 2 is 1.89 bits per heavy atom. The number of rotatable bonds is 4. The predicted octanol–water partition coefficient (Wildman–Crippen LogP) is 3.02. The van der Waals surface area contributed by atoms with E-state index >= 15 is 0 Å². The molecule has 0 aromatic heterocycles. The molecule has 0 bridgehead atoms. The summed E-state index contributed by atoms with van der Waals surface area (Å²) in [6.45, 7) is -0.125. The summed E-state index contributed by atoms with van der Waals surface area (Å²) in [5.41, 5.74) is 0.224. The molecule has 2 aromatic rings. The van der Waals surface area contributed by atoms with Gasteiger partial charge in [0.05, 0.1) is 11.5 Å². The minimum atomic E-state index is -0.805. The van der Waals surface area contributed by atoms with Crippen LogP contribution in [0.3, 0.4) is 0 Å². The molecule has 2 aromatic carbocycles. The van der Waals surface area contributed by atoms with Crippen LogP contribution in [0.15, 0.2) is 42.5 Å². The van der Waals surface area contributed by atoms with Crippen molar-refractivity contribution in [2.75, 3.05) is 0 Å². The third kappa shape index (κ3) is 2.86. The molecule has 0 aliphatic rings.